The fourth-order valence-electron chi connectivity index (χ4n) is 1.94. The molecule has 0 bridgehead atoms. The molecule has 1 amide bonds. The Morgan fingerprint density at radius 1 is 1.18 bits per heavy atom. The van der Waals surface area contributed by atoms with Crippen LogP contribution in [-0.2, 0) is 0 Å². The van der Waals surface area contributed by atoms with Crippen molar-refractivity contribution in [2.45, 2.75) is 19.8 Å². The van der Waals surface area contributed by atoms with Gasteiger partial charge in [-0.25, -0.2) is 4.39 Å². The Morgan fingerprint density at radius 3 is 2.36 bits per heavy atom. The summed E-state index contributed by atoms with van der Waals surface area (Å²) in [6.07, 6.45) is 0. The van der Waals surface area contributed by atoms with Crippen molar-refractivity contribution in [3.05, 3.63) is 69.5 Å². The van der Waals surface area contributed by atoms with Gasteiger partial charge in [-0.1, -0.05) is 26.0 Å². The molecule has 0 aliphatic carbocycles. The molecule has 2 aromatic carbocycles. The number of amides is 1. The Hall–Kier alpha value is -2.76. The first-order valence-corrected chi connectivity index (χ1v) is 6.73. The van der Waals surface area contributed by atoms with Gasteiger partial charge in [-0.2, -0.15) is 0 Å². The largest absolute Gasteiger partial charge is 0.319 e. The third-order valence-corrected chi connectivity index (χ3v) is 3.25. The molecule has 0 aliphatic heterocycles. The third-order valence-electron chi connectivity index (χ3n) is 3.25. The lowest BCUT2D eigenvalue weighted by atomic mass is 10.0. The van der Waals surface area contributed by atoms with Gasteiger partial charge in [0, 0.05) is 17.7 Å². The summed E-state index contributed by atoms with van der Waals surface area (Å²) in [5.74, 6) is -0.904. The molecule has 5 nitrogen and oxygen atoms in total. The standard InChI is InChI=1S/C16H15FN2O3/c1-10(2)11-3-5-12(6-4-11)16(20)18-15-9-13(19(21)22)7-8-14(15)17/h3-10H,1-2H3,(H,18,20). The maximum absolute atomic E-state index is 13.6. The number of anilines is 1. The maximum atomic E-state index is 13.6. The number of nitro benzene ring substituents is 1. The average molecular weight is 302 g/mol. The van der Waals surface area contributed by atoms with E-state index < -0.39 is 16.6 Å². The van der Waals surface area contributed by atoms with Gasteiger partial charge in [0.1, 0.15) is 5.82 Å². The average Bonchev–Trinajstić information content (AvgIpc) is 2.49. The van der Waals surface area contributed by atoms with Crippen LogP contribution in [0.5, 0.6) is 0 Å². The normalized spacial score (nSPS) is 10.5. The van der Waals surface area contributed by atoms with Crippen molar-refractivity contribution < 1.29 is 14.1 Å². The molecule has 0 saturated heterocycles. The van der Waals surface area contributed by atoms with Crippen LogP contribution in [0.25, 0.3) is 0 Å². The highest BCUT2D eigenvalue weighted by molar-refractivity contribution is 6.04. The van der Waals surface area contributed by atoms with Gasteiger partial charge in [0.2, 0.25) is 0 Å². The third kappa shape index (κ3) is 3.46. The van der Waals surface area contributed by atoms with E-state index in [2.05, 4.69) is 5.32 Å². The zero-order chi connectivity index (χ0) is 16.3. The first kappa shape index (κ1) is 15.6. The van der Waals surface area contributed by atoms with Crippen molar-refractivity contribution in [3.8, 4) is 0 Å². The minimum atomic E-state index is -0.724. The molecule has 0 spiro atoms. The van der Waals surface area contributed by atoms with E-state index in [9.17, 15) is 19.3 Å². The molecule has 1 N–H and O–H groups in total. The van der Waals surface area contributed by atoms with Gasteiger partial charge in [-0.15, -0.1) is 0 Å². The lowest BCUT2D eigenvalue weighted by Crippen LogP contribution is -2.13. The van der Waals surface area contributed by atoms with E-state index in [1.54, 1.807) is 12.1 Å². The highest BCUT2D eigenvalue weighted by Gasteiger charge is 2.14. The second-order valence-corrected chi connectivity index (χ2v) is 5.15. The van der Waals surface area contributed by atoms with Crippen LogP contribution in [0.4, 0.5) is 15.8 Å². The summed E-state index contributed by atoms with van der Waals surface area (Å²) in [7, 11) is 0. The summed E-state index contributed by atoms with van der Waals surface area (Å²) in [5, 5.41) is 13.0. The Morgan fingerprint density at radius 2 is 1.82 bits per heavy atom. The molecule has 0 aromatic heterocycles. The van der Waals surface area contributed by atoms with Gasteiger partial charge in [0.25, 0.3) is 11.6 Å². The molecule has 0 fully saturated rings. The van der Waals surface area contributed by atoms with Gasteiger partial charge in [-0.3, -0.25) is 14.9 Å². The minimum Gasteiger partial charge on any atom is -0.319 e. The molecule has 0 saturated carbocycles. The molecular weight excluding hydrogens is 287 g/mol. The van der Waals surface area contributed by atoms with Crippen molar-refractivity contribution in [1.82, 2.24) is 0 Å². The number of non-ortho nitro benzene ring substituents is 1. The van der Waals surface area contributed by atoms with Gasteiger partial charge < -0.3 is 5.32 Å². The molecule has 0 radical (unpaired) electrons. The van der Waals surface area contributed by atoms with Gasteiger partial charge in [0.05, 0.1) is 10.6 Å². The second-order valence-electron chi connectivity index (χ2n) is 5.15. The lowest BCUT2D eigenvalue weighted by Gasteiger charge is -2.08. The summed E-state index contributed by atoms with van der Waals surface area (Å²) in [5.41, 5.74) is 0.937. The van der Waals surface area contributed by atoms with Crippen LogP contribution in [0.3, 0.4) is 0 Å². The van der Waals surface area contributed by atoms with Crippen LogP contribution in [0.1, 0.15) is 35.7 Å². The summed E-state index contributed by atoms with van der Waals surface area (Å²) < 4.78 is 13.6. The molecule has 0 aliphatic rings. The van der Waals surface area contributed by atoms with E-state index in [-0.39, 0.29) is 11.4 Å². The molecule has 0 atom stereocenters. The Bertz CT molecular complexity index is 712. The van der Waals surface area contributed by atoms with E-state index in [0.29, 0.717) is 11.5 Å². The Kier molecular flexibility index (Phi) is 4.50. The molecule has 0 unspecified atom stereocenters. The van der Waals surface area contributed by atoms with Gasteiger partial charge in [-0.05, 0) is 29.7 Å². The molecule has 114 valence electrons. The number of nitrogens with zero attached hydrogens (tertiary/aromatic N) is 1. The highest BCUT2D eigenvalue weighted by Crippen LogP contribution is 2.22. The zero-order valence-electron chi connectivity index (χ0n) is 12.2. The summed E-state index contributed by atoms with van der Waals surface area (Å²) >= 11 is 0. The van der Waals surface area contributed by atoms with E-state index in [4.69, 9.17) is 0 Å². The number of nitrogens with one attached hydrogen (secondary N) is 1. The number of hydrogen-bond acceptors (Lipinski definition) is 3. The SMILES string of the molecule is CC(C)c1ccc(C(=O)Nc2cc([N+](=O)[O-])ccc2F)cc1. The van der Waals surface area contributed by atoms with Crippen LogP contribution in [-0.4, -0.2) is 10.8 Å². The maximum Gasteiger partial charge on any atom is 0.271 e. The zero-order valence-corrected chi connectivity index (χ0v) is 12.2. The smallest absolute Gasteiger partial charge is 0.271 e. The summed E-state index contributed by atoms with van der Waals surface area (Å²) in [6.45, 7) is 4.07. The Balaban J connectivity index is 2.21. The molecule has 22 heavy (non-hydrogen) atoms. The molecule has 2 rings (SSSR count). The van der Waals surface area contributed by atoms with Crippen molar-refractivity contribution in [2.75, 3.05) is 5.32 Å². The first-order valence-electron chi connectivity index (χ1n) is 6.73. The highest BCUT2D eigenvalue weighted by atomic mass is 19.1. The number of carbonyl (C=O) groups is 1. The fraction of sp³-hybridized carbons (Fsp3) is 0.188. The quantitative estimate of drug-likeness (QED) is 0.682. The molecule has 6 heteroatoms. The van der Waals surface area contributed by atoms with Crippen LogP contribution in [0.2, 0.25) is 0 Å². The van der Waals surface area contributed by atoms with E-state index in [1.807, 2.05) is 26.0 Å². The predicted molar refractivity (Wildman–Crippen MR) is 81.5 cm³/mol. The summed E-state index contributed by atoms with van der Waals surface area (Å²) in [6, 6.07) is 9.92. The summed E-state index contributed by atoms with van der Waals surface area (Å²) in [4.78, 5) is 22.1. The van der Waals surface area contributed by atoms with E-state index >= 15 is 0 Å². The molecule has 0 heterocycles. The van der Waals surface area contributed by atoms with Crippen LogP contribution in [0.15, 0.2) is 42.5 Å². The number of benzene rings is 2. The Labute approximate surface area is 126 Å². The van der Waals surface area contributed by atoms with Crippen LogP contribution in [0, 0.1) is 15.9 Å². The van der Waals surface area contributed by atoms with Crippen molar-refractivity contribution >= 4 is 17.3 Å². The number of nitro groups is 1. The number of hydrogen-bond donors (Lipinski definition) is 1. The lowest BCUT2D eigenvalue weighted by molar-refractivity contribution is -0.384. The molecule has 2 aromatic rings. The topological polar surface area (TPSA) is 72.2 Å². The molecular formula is C16H15FN2O3. The van der Waals surface area contributed by atoms with Gasteiger partial charge >= 0.3 is 0 Å². The second kappa shape index (κ2) is 6.34. The predicted octanol–water partition coefficient (Wildman–Crippen LogP) is 4.11. The monoisotopic (exact) mass is 302 g/mol. The minimum absolute atomic E-state index is 0.216. The van der Waals surface area contributed by atoms with Crippen molar-refractivity contribution in [3.63, 3.8) is 0 Å². The van der Waals surface area contributed by atoms with E-state index in [0.717, 1.165) is 23.8 Å². The van der Waals surface area contributed by atoms with Gasteiger partial charge in [0.15, 0.2) is 0 Å². The first-order chi connectivity index (χ1) is 10.4. The van der Waals surface area contributed by atoms with Crippen LogP contribution < -0.4 is 5.32 Å². The number of rotatable bonds is 4. The van der Waals surface area contributed by atoms with Crippen LogP contribution >= 0.6 is 0 Å². The number of carbonyl (C=O) groups excluding carboxylic acids is 1. The number of halogens is 1. The fourth-order valence-corrected chi connectivity index (χ4v) is 1.94. The van der Waals surface area contributed by atoms with Crippen molar-refractivity contribution in [1.29, 1.82) is 0 Å². The van der Waals surface area contributed by atoms with E-state index in [1.165, 1.54) is 0 Å². The van der Waals surface area contributed by atoms with Crippen molar-refractivity contribution in [2.24, 2.45) is 0 Å².